The molecule has 0 aromatic rings. The Hall–Kier alpha value is -1.58. The van der Waals surface area contributed by atoms with Crippen molar-refractivity contribution in [2.75, 3.05) is 33.4 Å². The van der Waals surface area contributed by atoms with Crippen LogP contribution in [0.4, 0.5) is 0 Å². The van der Waals surface area contributed by atoms with Crippen molar-refractivity contribution in [2.24, 2.45) is 0 Å². The first-order valence-electron chi connectivity index (χ1n) is 5.82. The largest absolute Gasteiger partial charge is 0.383 e. The van der Waals surface area contributed by atoms with Gasteiger partial charge in [0.2, 0.25) is 11.8 Å². The molecule has 0 saturated heterocycles. The first kappa shape index (κ1) is 16.4. The summed E-state index contributed by atoms with van der Waals surface area (Å²) >= 11 is 0. The van der Waals surface area contributed by atoms with E-state index in [-0.39, 0.29) is 24.4 Å². The third-order valence-corrected chi connectivity index (χ3v) is 2.19. The lowest BCUT2D eigenvalue weighted by molar-refractivity contribution is -0.123. The molecule has 102 valence electrons. The van der Waals surface area contributed by atoms with Gasteiger partial charge in [-0.05, 0) is 6.92 Å². The van der Waals surface area contributed by atoms with E-state index in [2.05, 4.69) is 21.9 Å². The molecular weight excluding hydrogens is 234 g/mol. The zero-order valence-corrected chi connectivity index (χ0v) is 10.9. The second kappa shape index (κ2) is 10.6. The maximum absolute atomic E-state index is 11.4. The molecule has 0 radical (unpaired) electrons. The van der Waals surface area contributed by atoms with E-state index in [4.69, 9.17) is 11.2 Å². The minimum absolute atomic E-state index is 0.0733. The molecule has 6 heteroatoms. The molecule has 1 unspecified atom stereocenters. The molecular formula is C12H21N3O3. The van der Waals surface area contributed by atoms with Crippen LogP contribution in [0.1, 0.15) is 13.3 Å². The number of amides is 2. The van der Waals surface area contributed by atoms with E-state index in [0.717, 1.165) is 0 Å². The Balaban J connectivity index is 3.61. The van der Waals surface area contributed by atoms with Crippen LogP contribution in [0.25, 0.3) is 0 Å². The van der Waals surface area contributed by atoms with Gasteiger partial charge in [-0.25, -0.2) is 0 Å². The number of ether oxygens (including phenoxy) is 1. The molecule has 0 aliphatic rings. The average molecular weight is 255 g/mol. The first-order chi connectivity index (χ1) is 8.61. The molecule has 0 fully saturated rings. The number of methoxy groups -OCH3 is 1. The summed E-state index contributed by atoms with van der Waals surface area (Å²) in [5.41, 5.74) is 0. The molecule has 1 atom stereocenters. The number of hydrogen-bond acceptors (Lipinski definition) is 4. The molecule has 0 aliphatic carbocycles. The SMILES string of the molecule is C#CCNC(=O)C(C)NCCC(=O)NCCOC. The quantitative estimate of drug-likeness (QED) is 0.360. The highest BCUT2D eigenvalue weighted by molar-refractivity contribution is 5.81. The summed E-state index contributed by atoms with van der Waals surface area (Å²) in [6, 6.07) is -0.370. The fourth-order valence-corrected chi connectivity index (χ4v) is 1.17. The van der Waals surface area contributed by atoms with Crippen LogP contribution in [-0.2, 0) is 14.3 Å². The highest BCUT2D eigenvalue weighted by Crippen LogP contribution is 1.84. The Kier molecular flexibility index (Phi) is 9.64. The number of terminal acetylenes is 1. The van der Waals surface area contributed by atoms with Gasteiger partial charge in [0.15, 0.2) is 0 Å². The maximum Gasteiger partial charge on any atom is 0.237 e. The fourth-order valence-electron chi connectivity index (χ4n) is 1.17. The second-order valence-corrected chi connectivity index (χ2v) is 3.69. The summed E-state index contributed by atoms with van der Waals surface area (Å²) in [6.45, 7) is 3.35. The van der Waals surface area contributed by atoms with E-state index in [9.17, 15) is 9.59 Å². The van der Waals surface area contributed by atoms with E-state index >= 15 is 0 Å². The van der Waals surface area contributed by atoms with E-state index in [0.29, 0.717) is 26.1 Å². The minimum Gasteiger partial charge on any atom is -0.383 e. The third kappa shape index (κ3) is 8.56. The van der Waals surface area contributed by atoms with Crippen LogP contribution >= 0.6 is 0 Å². The molecule has 0 rings (SSSR count). The Morgan fingerprint density at radius 2 is 2.06 bits per heavy atom. The van der Waals surface area contributed by atoms with Crippen molar-refractivity contribution in [3.8, 4) is 12.3 Å². The van der Waals surface area contributed by atoms with Crippen LogP contribution < -0.4 is 16.0 Å². The summed E-state index contributed by atoms with van der Waals surface area (Å²) in [4.78, 5) is 22.7. The Morgan fingerprint density at radius 1 is 1.33 bits per heavy atom. The zero-order chi connectivity index (χ0) is 13.8. The summed E-state index contributed by atoms with van der Waals surface area (Å²) in [5.74, 6) is 2.07. The summed E-state index contributed by atoms with van der Waals surface area (Å²) in [5, 5.41) is 8.19. The normalized spacial score (nSPS) is 11.4. The third-order valence-electron chi connectivity index (χ3n) is 2.19. The summed E-state index contributed by atoms with van der Waals surface area (Å²) < 4.78 is 4.80. The van der Waals surface area contributed by atoms with Gasteiger partial charge in [-0.15, -0.1) is 6.42 Å². The van der Waals surface area contributed by atoms with Crippen molar-refractivity contribution in [1.29, 1.82) is 0 Å². The van der Waals surface area contributed by atoms with Gasteiger partial charge in [-0.3, -0.25) is 9.59 Å². The van der Waals surface area contributed by atoms with Crippen LogP contribution in [0, 0.1) is 12.3 Å². The molecule has 0 spiro atoms. The fraction of sp³-hybridized carbons (Fsp3) is 0.667. The van der Waals surface area contributed by atoms with Crippen LogP contribution in [0.15, 0.2) is 0 Å². The van der Waals surface area contributed by atoms with Gasteiger partial charge in [0.1, 0.15) is 0 Å². The van der Waals surface area contributed by atoms with Crippen LogP contribution in [0.2, 0.25) is 0 Å². The van der Waals surface area contributed by atoms with Crippen molar-refractivity contribution in [3.63, 3.8) is 0 Å². The van der Waals surface area contributed by atoms with Gasteiger partial charge < -0.3 is 20.7 Å². The van der Waals surface area contributed by atoms with Gasteiger partial charge in [-0.2, -0.15) is 0 Å². The molecule has 2 amide bonds. The topological polar surface area (TPSA) is 79.5 Å². The lowest BCUT2D eigenvalue weighted by Crippen LogP contribution is -2.43. The zero-order valence-electron chi connectivity index (χ0n) is 10.9. The van der Waals surface area contributed by atoms with Crippen LogP contribution in [0.5, 0.6) is 0 Å². The molecule has 0 aromatic carbocycles. The second-order valence-electron chi connectivity index (χ2n) is 3.69. The monoisotopic (exact) mass is 255 g/mol. The van der Waals surface area contributed by atoms with Gasteiger partial charge in [0.05, 0.1) is 19.2 Å². The Morgan fingerprint density at radius 3 is 2.67 bits per heavy atom. The summed E-state index contributed by atoms with van der Waals surface area (Å²) in [7, 11) is 1.57. The first-order valence-corrected chi connectivity index (χ1v) is 5.82. The average Bonchev–Trinajstić information content (AvgIpc) is 2.36. The molecule has 18 heavy (non-hydrogen) atoms. The van der Waals surface area contributed by atoms with E-state index < -0.39 is 0 Å². The van der Waals surface area contributed by atoms with Gasteiger partial charge in [0.25, 0.3) is 0 Å². The number of carbonyl (C=O) groups is 2. The van der Waals surface area contributed by atoms with Crippen molar-refractivity contribution in [2.45, 2.75) is 19.4 Å². The standard InChI is InChI=1S/C12H21N3O3/c1-4-6-15-12(17)10(2)13-7-5-11(16)14-8-9-18-3/h1,10,13H,5-9H2,2-3H3,(H,14,16)(H,15,17). The van der Waals surface area contributed by atoms with E-state index in [1.807, 2.05) is 0 Å². The highest BCUT2D eigenvalue weighted by Gasteiger charge is 2.11. The number of carbonyl (C=O) groups excluding carboxylic acids is 2. The van der Waals surface area contributed by atoms with Crippen molar-refractivity contribution < 1.29 is 14.3 Å². The highest BCUT2D eigenvalue weighted by atomic mass is 16.5. The predicted molar refractivity (Wildman–Crippen MR) is 68.8 cm³/mol. The molecule has 3 N–H and O–H groups in total. The smallest absolute Gasteiger partial charge is 0.237 e. The lowest BCUT2D eigenvalue weighted by atomic mass is 10.3. The van der Waals surface area contributed by atoms with Crippen LogP contribution in [-0.4, -0.2) is 51.2 Å². The van der Waals surface area contributed by atoms with Crippen LogP contribution in [0.3, 0.4) is 0 Å². The molecule has 0 bridgehead atoms. The molecule has 0 aromatic heterocycles. The minimum atomic E-state index is -0.370. The lowest BCUT2D eigenvalue weighted by Gasteiger charge is -2.12. The van der Waals surface area contributed by atoms with Crippen molar-refractivity contribution in [3.05, 3.63) is 0 Å². The van der Waals surface area contributed by atoms with Crippen molar-refractivity contribution in [1.82, 2.24) is 16.0 Å². The Labute approximate surface area is 108 Å². The number of nitrogens with one attached hydrogen (secondary N) is 3. The molecule has 0 saturated carbocycles. The van der Waals surface area contributed by atoms with Gasteiger partial charge >= 0.3 is 0 Å². The number of hydrogen-bond donors (Lipinski definition) is 3. The van der Waals surface area contributed by atoms with Gasteiger partial charge in [0, 0.05) is 26.6 Å². The van der Waals surface area contributed by atoms with Gasteiger partial charge in [-0.1, -0.05) is 5.92 Å². The van der Waals surface area contributed by atoms with E-state index in [1.54, 1.807) is 14.0 Å². The Bertz CT molecular complexity index is 299. The van der Waals surface area contributed by atoms with Crippen molar-refractivity contribution >= 4 is 11.8 Å². The number of rotatable bonds is 9. The summed E-state index contributed by atoms with van der Waals surface area (Å²) in [6.07, 6.45) is 5.34. The maximum atomic E-state index is 11.4. The molecule has 0 heterocycles. The molecule has 0 aliphatic heterocycles. The van der Waals surface area contributed by atoms with E-state index in [1.165, 1.54) is 0 Å². The predicted octanol–water partition coefficient (Wildman–Crippen LogP) is -1.13. The molecule has 6 nitrogen and oxygen atoms in total.